The summed E-state index contributed by atoms with van der Waals surface area (Å²) < 4.78 is 1.30. The third-order valence-corrected chi connectivity index (χ3v) is 25.5. The lowest BCUT2D eigenvalue weighted by atomic mass is 9.87. The Morgan fingerprint density at radius 3 is 1.77 bits per heavy atom. The number of thiocarbonyl (C=S) groups is 2. The van der Waals surface area contributed by atoms with Crippen molar-refractivity contribution in [2.75, 3.05) is 18.0 Å². The number of hydrogen-bond donors (Lipinski definition) is 0. The van der Waals surface area contributed by atoms with E-state index in [4.69, 9.17) is 24.4 Å². The monoisotopic (exact) mass is 1350 g/mol. The van der Waals surface area contributed by atoms with Crippen molar-refractivity contribution in [1.29, 1.82) is 0 Å². The molecule has 2 saturated heterocycles. The Bertz CT molecular complexity index is 3630. The van der Waals surface area contributed by atoms with Gasteiger partial charge in [0.25, 0.3) is 11.8 Å². The summed E-state index contributed by atoms with van der Waals surface area (Å²) in [5, 5.41) is 0. The van der Waals surface area contributed by atoms with Gasteiger partial charge in [-0.2, -0.15) is 0 Å². The summed E-state index contributed by atoms with van der Waals surface area (Å²) in [4.78, 5) is 44.6. The van der Waals surface area contributed by atoms with Crippen molar-refractivity contribution in [3.63, 3.8) is 0 Å². The van der Waals surface area contributed by atoms with Crippen LogP contribution in [-0.4, -0.2) is 49.4 Å². The van der Waals surface area contributed by atoms with E-state index in [2.05, 4.69) is 160 Å². The van der Waals surface area contributed by atoms with Crippen LogP contribution in [-0.2, 0) is 28.9 Å². The molecule has 0 N–H and O–H groups in total. The topological polar surface area (TPSA) is 43.9 Å². The largest absolute Gasteiger partial charge is 0.333 e. The van der Waals surface area contributed by atoms with Crippen molar-refractivity contribution in [2.45, 2.75) is 201 Å². The molecule has 4 aliphatic heterocycles. The average Bonchev–Trinajstić information content (AvgIpc) is 1.60. The van der Waals surface area contributed by atoms with E-state index in [0.717, 1.165) is 58.1 Å². The Balaban J connectivity index is 0.00000544. The summed E-state index contributed by atoms with van der Waals surface area (Å²) in [7, 11) is 0. The minimum Gasteiger partial charge on any atom is -0.333 e. The van der Waals surface area contributed by atoms with Crippen LogP contribution in [0.25, 0.3) is 39.0 Å². The highest BCUT2D eigenvalue weighted by Crippen LogP contribution is 2.51. The van der Waals surface area contributed by atoms with Gasteiger partial charge in [-0.3, -0.25) is 19.4 Å². The van der Waals surface area contributed by atoms with E-state index in [1.165, 1.54) is 212 Å². The molecule has 5 aromatic rings. The lowest BCUT2D eigenvalue weighted by molar-refractivity contribution is -0.122. The van der Waals surface area contributed by atoms with Gasteiger partial charge in [-0.25, -0.2) is 0 Å². The van der Waals surface area contributed by atoms with Gasteiger partial charge in [0.1, 0.15) is 8.64 Å². The number of hydrogen-bond acceptors (Lipinski definition) is 11. The molecule has 13 heteroatoms. The van der Waals surface area contributed by atoms with E-state index in [1.807, 2.05) is 59.6 Å². The van der Waals surface area contributed by atoms with Crippen molar-refractivity contribution >= 4 is 155 Å². The number of carbonyl (C=O) groups is 2. The van der Waals surface area contributed by atoms with E-state index >= 15 is 0 Å². The Morgan fingerprint density at radius 2 is 1.13 bits per heavy atom. The Hall–Kier alpha value is -4.57. The third-order valence-electron chi connectivity index (χ3n) is 17.8. The van der Waals surface area contributed by atoms with E-state index in [9.17, 15) is 9.59 Å². The molecule has 1 aliphatic carbocycles. The van der Waals surface area contributed by atoms with Crippen molar-refractivity contribution in [1.82, 2.24) is 9.80 Å². The molecule has 2 atom stereocenters. The van der Waals surface area contributed by atoms with Gasteiger partial charge in [0.2, 0.25) is 0 Å². The molecule has 5 aliphatic rings. The van der Waals surface area contributed by atoms with Crippen LogP contribution >= 0.6 is 93.7 Å². The molecule has 5 nitrogen and oxygen atoms in total. The fourth-order valence-electron chi connectivity index (χ4n) is 12.8. The van der Waals surface area contributed by atoms with Crippen LogP contribution in [0.4, 0.5) is 11.4 Å². The molecule has 2 aromatic carbocycles. The normalized spacial score (nSPS) is 18.6. The number of unbranched alkanes of at least 4 members (excludes halogenated alkanes) is 14. The maximum Gasteiger partial charge on any atom is 0.266 e. The Morgan fingerprint density at radius 1 is 0.567 bits per heavy atom. The summed E-state index contributed by atoms with van der Waals surface area (Å²) in [6.45, 7) is 14.3. The number of benzene rings is 2. The van der Waals surface area contributed by atoms with E-state index in [0.29, 0.717) is 21.7 Å². The van der Waals surface area contributed by atoms with E-state index in [1.54, 1.807) is 9.80 Å². The number of allylic oxidation sites excluding steroid dienone is 6. The molecule has 0 radical (unpaired) electrons. The fraction of sp³-hybridized carbons (Fsp3) is 0.429. The Kier molecular flexibility index (Phi) is 25.8. The number of anilines is 2. The van der Waals surface area contributed by atoms with Crippen LogP contribution in [0, 0.1) is 0 Å². The number of rotatable bonds is 33. The number of aryl methyl sites for hydroxylation is 3. The van der Waals surface area contributed by atoms with Gasteiger partial charge in [-0.15, -0.1) is 34.0 Å². The van der Waals surface area contributed by atoms with Gasteiger partial charge in [0.15, 0.2) is 0 Å². The molecular weight excluding hydrogens is 1260 g/mol. The van der Waals surface area contributed by atoms with Crippen molar-refractivity contribution in [2.24, 2.45) is 0 Å². The molecule has 10 rings (SSSR count). The number of carbonyl (C=O) groups excluding carboxylic acids is 2. The number of thioether (sulfide) groups is 3. The second-order valence-electron chi connectivity index (χ2n) is 24.4. The van der Waals surface area contributed by atoms with Crippen LogP contribution in [0.2, 0.25) is 0 Å². The van der Waals surface area contributed by atoms with E-state index < -0.39 is 0 Å². The maximum absolute atomic E-state index is 13.4. The van der Waals surface area contributed by atoms with Gasteiger partial charge >= 0.3 is 0 Å². The molecule has 0 saturated carbocycles. The van der Waals surface area contributed by atoms with Gasteiger partial charge in [-0.05, 0) is 172 Å². The molecular formula is C77H95N3O2S8. The first kappa shape index (κ1) is 68.3. The molecule has 0 spiro atoms. The van der Waals surface area contributed by atoms with Gasteiger partial charge in [0.05, 0.1) is 15.9 Å². The standard InChI is InChI=1S/C77H91N3O2S8.2H2/c1-7-13-17-21-22-27-32-57-49-68(72-55(30-24-18-14-8-2)40-41-60(85-72)51-70-74(81)78(11-5)76(83)89-70)87-66(57)44-38-53-36-42-64-62(46-53)63-47-54(37-43-65(63)80(64)59-34-28-23-29-35-59)39-45-67-56(31-25-19-15-9-3)50-69(88-67)73-58(33-26-20-16-10-4)48-61(86-73)52-71-75(82)79(12-6)77(84)90-71;;/h23,28-29,34-39,41-52,63,65H,7-22,24-27,30-33,40H2,1-6H3;2*1H/b44-38+,45-39+,70-51+,71-52+;;. The number of nitrogens with zero attached hydrogens (tertiary/aromatic N) is 3. The van der Waals surface area contributed by atoms with E-state index in [-0.39, 0.29) is 26.6 Å². The zero-order chi connectivity index (χ0) is 62.9. The maximum atomic E-state index is 13.4. The van der Waals surface area contributed by atoms with Crippen molar-refractivity contribution < 1.29 is 12.4 Å². The van der Waals surface area contributed by atoms with Crippen LogP contribution in [0.5, 0.6) is 0 Å². The van der Waals surface area contributed by atoms with Crippen LogP contribution in [0.1, 0.15) is 226 Å². The summed E-state index contributed by atoms with van der Waals surface area (Å²) in [6, 6.07) is 25.6. The Labute approximate surface area is 577 Å². The fourth-order valence-corrected chi connectivity index (χ4v) is 20.5. The van der Waals surface area contributed by atoms with Crippen LogP contribution in [0.3, 0.4) is 0 Å². The van der Waals surface area contributed by atoms with Crippen molar-refractivity contribution in [3.05, 3.63) is 176 Å². The first-order valence-corrected chi connectivity index (χ1v) is 39.5. The van der Waals surface area contributed by atoms with Gasteiger partial charge in [-0.1, -0.05) is 244 Å². The summed E-state index contributed by atoms with van der Waals surface area (Å²) in [5.74, 6) is 0.218. The lowest BCUT2D eigenvalue weighted by Crippen LogP contribution is -2.28. The summed E-state index contributed by atoms with van der Waals surface area (Å²) in [6.07, 6.45) is 50.9. The molecule has 3 aromatic heterocycles. The number of amides is 2. The highest BCUT2D eigenvalue weighted by atomic mass is 32.2. The molecule has 2 amide bonds. The predicted octanol–water partition coefficient (Wildman–Crippen LogP) is 24.9. The minimum absolute atomic E-state index is 0. The van der Waals surface area contributed by atoms with Gasteiger partial charge in [0, 0.05) is 72.3 Å². The van der Waals surface area contributed by atoms with Crippen LogP contribution < -0.4 is 4.90 Å². The lowest BCUT2D eigenvalue weighted by Gasteiger charge is -2.29. The third kappa shape index (κ3) is 17.0. The molecule has 0 bridgehead atoms. The second-order valence-corrected chi connectivity index (χ2v) is 32.1. The zero-order valence-corrected chi connectivity index (χ0v) is 60.4. The quantitative estimate of drug-likeness (QED) is 0.0234. The van der Waals surface area contributed by atoms with Crippen molar-refractivity contribution in [3.8, 4) is 9.75 Å². The first-order valence-electron chi connectivity index (χ1n) is 33.8. The molecule has 478 valence electrons. The highest BCUT2D eigenvalue weighted by molar-refractivity contribution is 8.27. The molecule has 2 fully saturated rings. The SMILES string of the molecule is CCCCCCCCc1cc(C2=C(CCCCCC)CC=C(/C=C3/SC(=S)N(CC)C3=O)S2)sc1/C=C/c1ccc2c(c1)C1C=C(/C=C/c3sc(-c4sc(/C=C5/SC(=S)N(CC)C5=O)cc4CCCCCC)cc3CCCCCC)C=CC1N2c1ccccc1.[HH].[HH]. The predicted molar refractivity (Wildman–Crippen MR) is 413 cm³/mol. The zero-order valence-electron chi connectivity index (χ0n) is 53.9. The molecule has 7 heterocycles. The summed E-state index contributed by atoms with van der Waals surface area (Å²) >= 11 is 21.7. The number of likely N-dealkylation sites (N-methyl/N-ethyl adjacent to an activating group) is 2. The number of thiophene rings is 3. The highest BCUT2D eigenvalue weighted by Gasteiger charge is 2.39. The van der Waals surface area contributed by atoms with Crippen LogP contribution in [0.15, 0.2) is 129 Å². The van der Waals surface area contributed by atoms with Gasteiger partial charge < -0.3 is 4.90 Å². The number of fused-ring (bicyclic) bond motifs is 3. The second kappa shape index (κ2) is 34.0. The summed E-state index contributed by atoms with van der Waals surface area (Å²) in [5.41, 5.74) is 12.1. The molecule has 2 unspecified atom stereocenters. The molecule has 90 heavy (non-hydrogen) atoms. The average molecular weight is 1350 g/mol. The number of para-hydroxylation sites is 1. The first-order chi connectivity index (χ1) is 44.0. The smallest absolute Gasteiger partial charge is 0.266 e. The minimum atomic E-state index is 0.